The van der Waals surface area contributed by atoms with E-state index in [4.69, 9.17) is 4.74 Å². The van der Waals surface area contributed by atoms with Crippen LogP contribution >= 0.6 is 39.0 Å². The summed E-state index contributed by atoms with van der Waals surface area (Å²) in [5, 5.41) is 11.9. The number of thioether (sulfide) groups is 1. The smallest absolute Gasteiger partial charge is 0.191 e. The second-order valence-electron chi connectivity index (χ2n) is 5.54. The van der Waals surface area contributed by atoms with Gasteiger partial charge >= 0.3 is 0 Å². The molecule has 7 heteroatoms. The molecule has 1 fully saturated rings. The van der Waals surface area contributed by atoms with Crippen molar-refractivity contribution in [1.82, 2.24) is 14.8 Å². The molecule has 0 bridgehead atoms. The highest BCUT2D eigenvalue weighted by Crippen LogP contribution is 2.41. The molecule has 0 aliphatic heterocycles. The molecule has 124 valence electrons. The number of hydrogen-bond acceptors (Lipinski definition) is 5. The Morgan fingerprint density at radius 2 is 2.17 bits per heavy atom. The zero-order chi connectivity index (χ0) is 16.4. The highest BCUT2D eigenvalue weighted by molar-refractivity contribution is 9.10. The fourth-order valence-corrected chi connectivity index (χ4v) is 4.37. The van der Waals surface area contributed by atoms with Gasteiger partial charge in [-0.25, -0.2) is 0 Å². The number of ether oxygens (including phenoxy) is 1. The number of nitrogens with zero attached hydrogens (tertiary/aromatic N) is 3. The summed E-state index contributed by atoms with van der Waals surface area (Å²) in [7, 11) is 0. The maximum absolute atomic E-state index is 5.80. The van der Waals surface area contributed by atoms with Gasteiger partial charge in [-0.1, -0.05) is 39.8 Å². The minimum atomic E-state index is 0.561. The Labute approximate surface area is 157 Å². The standard InChI is InChI=1S/C17H16BrN3OS2/c18-12-3-1-4-14(11-12)22-8-10-24-17-20-19-16(15-5-2-9-23-15)21(17)13-6-7-13/h1-5,9,11,13H,6-8,10H2. The maximum atomic E-state index is 5.80. The minimum absolute atomic E-state index is 0.561. The molecule has 24 heavy (non-hydrogen) atoms. The van der Waals surface area contributed by atoms with Crippen LogP contribution in [0, 0.1) is 0 Å². The topological polar surface area (TPSA) is 39.9 Å². The molecule has 0 N–H and O–H groups in total. The minimum Gasteiger partial charge on any atom is -0.493 e. The predicted molar refractivity (Wildman–Crippen MR) is 102 cm³/mol. The molecule has 3 aromatic rings. The van der Waals surface area contributed by atoms with Crippen LogP contribution in [-0.4, -0.2) is 27.1 Å². The highest BCUT2D eigenvalue weighted by Gasteiger charge is 2.30. The molecule has 0 unspecified atom stereocenters. The summed E-state index contributed by atoms with van der Waals surface area (Å²) in [6.07, 6.45) is 2.44. The number of halogens is 1. The predicted octanol–water partition coefficient (Wildman–Crippen LogP) is 5.28. The van der Waals surface area contributed by atoms with E-state index in [1.165, 1.54) is 17.7 Å². The van der Waals surface area contributed by atoms with Crippen LogP contribution in [0.3, 0.4) is 0 Å². The van der Waals surface area contributed by atoms with E-state index in [-0.39, 0.29) is 0 Å². The highest BCUT2D eigenvalue weighted by atomic mass is 79.9. The van der Waals surface area contributed by atoms with Gasteiger partial charge in [-0.2, -0.15) is 0 Å². The molecule has 1 saturated carbocycles. The van der Waals surface area contributed by atoms with Crippen LogP contribution in [0.25, 0.3) is 10.7 Å². The van der Waals surface area contributed by atoms with Crippen LogP contribution in [0.2, 0.25) is 0 Å². The summed E-state index contributed by atoms with van der Waals surface area (Å²) >= 11 is 6.88. The summed E-state index contributed by atoms with van der Waals surface area (Å²) in [5.41, 5.74) is 0. The fraction of sp³-hybridized carbons (Fsp3) is 0.294. The van der Waals surface area contributed by atoms with Gasteiger partial charge in [-0.15, -0.1) is 21.5 Å². The van der Waals surface area contributed by atoms with E-state index < -0.39 is 0 Å². The first kappa shape index (κ1) is 16.2. The first-order valence-corrected chi connectivity index (χ1v) is 10.5. The molecular formula is C17H16BrN3OS2. The van der Waals surface area contributed by atoms with E-state index in [0.717, 1.165) is 27.0 Å². The lowest BCUT2D eigenvalue weighted by atomic mass is 10.3. The van der Waals surface area contributed by atoms with Crippen LogP contribution in [-0.2, 0) is 0 Å². The molecule has 2 aromatic heterocycles. The molecule has 0 saturated heterocycles. The van der Waals surface area contributed by atoms with Crippen LogP contribution in [0.15, 0.2) is 51.4 Å². The monoisotopic (exact) mass is 421 g/mol. The largest absolute Gasteiger partial charge is 0.493 e. The van der Waals surface area contributed by atoms with Gasteiger partial charge in [0.25, 0.3) is 0 Å². The third-order valence-corrected chi connectivity index (χ3v) is 5.96. The second-order valence-corrected chi connectivity index (χ2v) is 8.46. The molecular weight excluding hydrogens is 406 g/mol. The third kappa shape index (κ3) is 3.68. The molecule has 0 amide bonds. The summed E-state index contributed by atoms with van der Waals surface area (Å²) in [6.45, 7) is 0.646. The van der Waals surface area contributed by atoms with Gasteiger partial charge in [0.05, 0.1) is 11.5 Å². The number of thiophene rings is 1. The summed E-state index contributed by atoms with van der Waals surface area (Å²) in [4.78, 5) is 1.19. The number of aromatic nitrogens is 3. The van der Waals surface area contributed by atoms with Crippen LogP contribution < -0.4 is 4.74 Å². The second kappa shape index (κ2) is 7.29. The van der Waals surface area contributed by atoms with Crippen LogP contribution in [0.5, 0.6) is 5.75 Å². The van der Waals surface area contributed by atoms with Crippen molar-refractivity contribution < 1.29 is 4.74 Å². The summed E-state index contributed by atoms with van der Waals surface area (Å²) in [5.74, 6) is 2.73. The van der Waals surface area contributed by atoms with Gasteiger partial charge in [0, 0.05) is 16.3 Å². The van der Waals surface area contributed by atoms with E-state index >= 15 is 0 Å². The van der Waals surface area contributed by atoms with Gasteiger partial charge in [-0.3, -0.25) is 4.57 Å². The van der Waals surface area contributed by atoms with Crippen molar-refractivity contribution in [3.63, 3.8) is 0 Å². The molecule has 0 radical (unpaired) electrons. The maximum Gasteiger partial charge on any atom is 0.191 e. The van der Waals surface area contributed by atoms with Gasteiger partial charge in [0.2, 0.25) is 0 Å². The lowest BCUT2D eigenvalue weighted by Crippen LogP contribution is -2.03. The quantitative estimate of drug-likeness (QED) is 0.384. The molecule has 4 nitrogen and oxygen atoms in total. The van der Waals surface area contributed by atoms with E-state index in [9.17, 15) is 0 Å². The number of benzene rings is 1. The van der Waals surface area contributed by atoms with E-state index in [1.807, 2.05) is 24.3 Å². The molecule has 2 heterocycles. The third-order valence-electron chi connectivity index (χ3n) is 3.70. The molecule has 1 aliphatic rings. The van der Waals surface area contributed by atoms with Crippen molar-refractivity contribution in [1.29, 1.82) is 0 Å². The Balaban J connectivity index is 1.40. The average Bonchev–Trinajstić information content (AvgIpc) is 3.10. The molecule has 0 spiro atoms. The average molecular weight is 422 g/mol. The van der Waals surface area contributed by atoms with Crippen molar-refractivity contribution in [3.05, 3.63) is 46.3 Å². The molecule has 1 aliphatic carbocycles. The normalized spacial score (nSPS) is 14.0. The van der Waals surface area contributed by atoms with Crippen molar-refractivity contribution in [2.24, 2.45) is 0 Å². The Morgan fingerprint density at radius 1 is 1.25 bits per heavy atom. The van der Waals surface area contributed by atoms with Crippen molar-refractivity contribution in [2.75, 3.05) is 12.4 Å². The lowest BCUT2D eigenvalue weighted by molar-refractivity contribution is 0.343. The number of rotatable bonds is 7. The zero-order valence-corrected chi connectivity index (χ0v) is 16.1. The Hall–Kier alpha value is -1.31. The van der Waals surface area contributed by atoms with Crippen molar-refractivity contribution >= 4 is 39.0 Å². The first-order chi connectivity index (χ1) is 11.8. The van der Waals surface area contributed by atoms with Gasteiger partial charge in [0.1, 0.15) is 5.75 Å². The summed E-state index contributed by atoms with van der Waals surface area (Å²) in [6, 6.07) is 12.6. The molecule has 1 aromatic carbocycles. The SMILES string of the molecule is Brc1cccc(OCCSc2nnc(-c3cccs3)n2C2CC2)c1. The van der Waals surface area contributed by atoms with Gasteiger partial charge in [0.15, 0.2) is 11.0 Å². The van der Waals surface area contributed by atoms with Crippen LogP contribution in [0.1, 0.15) is 18.9 Å². The Kier molecular flexibility index (Phi) is 4.91. The zero-order valence-electron chi connectivity index (χ0n) is 12.9. The number of hydrogen-bond donors (Lipinski definition) is 0. The lowest BCUT2D eigenvalue weighted by Gasteiger charge is -2.08. The van der Waals surface area contributed by atoms with E-state index in [2.05, 4.69) is 48.2 Å². The summed E-state index contributed by atoms with van der Waals surface area (Å²) < 4.78 is 9.13. The molecule has 4 rings (SSSR count). The van der Waals surface area contributed by atoms with Crippen LogP contribution in [0.4, 0.5) is 0 Å². The van der Waals surface area contributed by atoms with Crippen molar-refractivity contribution in [2.45, 2.75) is 24.0 Å². The van der Waals surface area contributed by atoms with E-state index in [0.29, 0.717) is 12.6 Å². The molecule has 0 atom stereocenters. The van der Waals surface area contributed by atoms with Crippen molar-refractivity contribution in [3.8, 4) is 16.5 Å². The van der Waals surface area contributed by atoms with Gasteiger partial charge in [-0.05, 0) is 42.5 Å². The van der Waals surface area contributed by atoms with E-state index in [1.54, 1.807) is 23.1 Å². The Morgan fingerprint density at radius 3 is 2.92 bits per heavy atom. The van der Waals surface area contributed by atoms with Gasteiger partial charge < -0.3 is 4.74 Å². The fourth-order valence-electron chi connectivity index (χ4n) is 2.46. The Bertz CT molecular complexity index is 815. The first-order valence-electron chi connectivity index (χ1n) is 7.81.